The SMILES string of the molecule is CC[C@H](C(=O)NC1CCCC1)N(Cc1c(Cl)cccc1Cl)C(=O)CN(c1ccccc1OC)S(=O)(=O)c1ccccc1. The molecule has 11 heteroatoms. The summed E-state index contributed by atoms with van der Waals surface area (Å²) in [6, 6.07) is 18.6. The van der Waals surface area contributed by atoms with Crippen molar-refractivity contribution >= 4 is 50.7 Å². The normalized spacial score (nSPS) is 14.3. The zero-order valence-electron chi connectivity index (χ0n) is 23.6. The Morgan fingerprint density at radius 1 is 0.952 bits per heavy atom. The number of nitrogens with one attached hydrogen (secondary N) is 1. The number of nitrogens with zero attached hydrogens (tertiary/aromatic N) is 2. The number of rotatable bonds is 12. The standard InChI is InChI=1S/C31H35Cl2N3O5S/c1-3-27(31(38)34-22-12-7-8-13-22)35(20-24-25(32)16-11-17-26(24)33)30(37)21-36(28-18-9-10-19-29(28)41-2)42(39,40)23-14-5-4-6-15-23/h4-6,9-11,14-19,22,27H,3,7-8,12-13,20-21H2,1-2H3,(H,34,38)/t27-/m1/s1. The second-order valence-electron chi connectivity index (χ2n) is 10.1. The Balaban J connectivity index is 1.77. The fraction of sp³-hybridized carbons (Fsp3) is 0.355. The smallest absolute Gasteiger partial charge is 0.264 e. The lowest BCUT2D eigenvalue weighted by Gasteiger charge is -2.34. The minimum atomic E-state index is -4.22. The molecular formula is C31H35Cl2N3O5S. The molecule has 8 nitrogen and oxygen atoms in total. The predicted octanol–water partition coefficient (Wildman–Crippen LogP) is 6.06. The Hall–Kier alpha value is -3.27. The molecule has 1 aliphatic rings. The van der Waals surface area contributed by atoms with E-state index in [0.29, 0.717) is 22.0 Å². The van der Waals surface area contributed by atoms with Crippen molar-refractivity contribution in [2.45, 2.75) is 62.6 Å². The van der Waals surface area contributed by atoms with Gasteiger partial charge in [0.05, 0.1) is 17.7 Å². The third-order valence-electron chi connectivity index (χ3n) is 7.44. The number of sulfonamides is 1. The van der Waals surface area contributed by atoms with Crippen LogP contribution in [0.1, 0.15) is 44.6 Å². The van der Waals surface area contributed by atoms with Crippen molar-refractivity contribution in [2.24, 2.45) is 0 Å². The lowest BCUT2D eigenvalue weighted by molar-refractivity contribution is -0.140. The lowest BCUT2D eigenvalue weighted by Crippen LogP contribution is -2.53. The van der Waals surface area contributed by atoms with Gasteiger partial charge in [-0.15, -0.1) is 0 Å². The van der Waals surface area contributed by atoms with E-state index >= 15 is 0 Å². The Morgan fingerprint density at radius 3 is 2.19 bits per heavy atom. The fourth-order valence-corrected chi connectivity index (χ4v) is 7.17. The number of carbonyl (C=O) groups is 2. The van der Waals surface area contributed by atoms with E-state index in [4.69, 9.17) is 27.9 Å². The average Bonchev–Trinajstić information content (AvgIpc) is 3.50. The van der Waals surface area contributed by atoms with Gasteiger partial charge < -0.3 is 15.0 Å². The molecule has 0 unspecified atom stereocenters. The highest BCUT2D eigenvalue weighted by atomic mass is 35.5. The first kappa shape index (κ1) is 31.7. The molecule has 3 aromatic rings. The zero-order valence-corrected chi connectivity index (χ0v) is 26.0. The fourth-order valence-electron chi connectivity index (χ4n) is 5.21. The summed E-state index contributed by atoms with van der Waals surface area (Å²) in [4.78, 5) is 29.3. The third-order valence-corrected chi connectivity index (χ3v) is 9.92. The molecule has 224 valence electrons. The number of carbonyl (C=O) groups excluding carboxylic acids is 2. The number of benzene rings is 3. The molecule has 0 aromatic heterocycles. The molecular weight excluding hydrogens is 597 g/mol. The molecule has 0 spiro atoms. The van der Waals surface area contributed by atoms with E-state index in [0.717, 1.165) is 30.0 Å². The summed E-state index contributed by atoms with van der Waals surface area (Å²) in [5, 5.41) is 3.76. The molecule has 0 aliphatic heterocycles. The highest BCUT2D eigenvalue weighted by Crippen LogP contribution is 2.33. The zero-order chi connectivity index (χ0) is 30.3. The van der Waals surface area contributed by atoms with E-state index in [1.165, 1.54) is 24.1 Å². The van der Waals surface area contributed by atoms with Crippen LogP contribution in [0.3, 0.4) is 0 Å². The van der Waals surface area contributed by atoms with Gasteiger partial charge in [0.2, 0.25) is 11.8 Å². The molecule has 3 aromatic carbocycles. The van der Waals surface area contributed by atoms with Crippen molar-refractivity contribution in [3.8, 4) is 5.75 Å². The van der Waals surface area contributed by atoms with Gasteiger partial charge >= 0.3 is 0 Å². The van der Waals surface area contributed by atoms with Crippen LogP contribution in [0.4, 0.5) is 5.69 Å². The van der Waals surface area contributed by atoms with Gasteiger partial charge in [-0.3, -0.25) is 13.9 Å². The quantitative estimate of drug-likeness (QED) is 0.262. The van der Waals surface area contributed by atoms with E-state index in [2.05, 4.69) is 5.32 Å². The van der Waals surface area contributed by atoms with Gasteiger partial charge in [0.15, 0.2) is 0 Å². The molecule has 0 heterocycles. The molecule has 1 saturated carbocycles. The van der Waals surface area contributed by atoms with Crippen molar-refractivity contribution in [1.82, 2.24) is 10.2 Å². The molecule has 4 rings (SSSR count). The molecule has 1 fully saturated rings. The van der Waals surface area contributed by atoms with Crippen LogP contribution in [0.5, 0.6) is 5.75 Å². The molecule has 0 radical (unpaired) electrons. The van der Waals surface area contributed by atoms with Crippen LogP contribution < -0.4 is 14.4 Å². The summed E-state index contributed by atoms with van der Waals surface area (Å²) in [6.45, 7) is 1.14. The van der Waals surface area contributed by atoms with Gasteiger partial charge in [0.1, 0.15) is 18.3 Å². The van der Waals surface area contributed by atoms with Crippen LogP contribution in [0.25, 0.3) is 0 Å². The van der Waals surface area contributed by atoms with E-state index in [1.54, 1.807) is 60.7 Å². The first-order valence-corrected chi connectivity index (χ1v) is 16.1. The summed E-state index contributed by atoms with van der Waals surface area (Å²) in [5.41, 5.74) is 0.660. The molecule has 0 bridgehead atoms. The highest BCUT2D eigenvalue weighted by molar-refractivity contribution is 7.92. The van der Waals surface area contributed by atoms with E-state index in [-0.39, 0.29) is 34.8 Å². The Morgan fingerprint density at radius 2 is 1.57 bits per heavy atom. The maximum Gasteiger partial charge on any atom is 0.264 e. The van der Waals surface area contributed by atoms with Gasteiger partial charge in [-0.25, -0.2) is 8.42 Å². The Labute approximate surface area is 257 Å². The summed E-state index contributed by atoms with van der Waals surface area (Å²) in [5.74, 6) is -0.614. The van der Waals surface area contributed by atoms with Crippen molar-refractivity contribution in [3.63, 3.8) is 0 Å². The topological polar surface area (TPSA) is 96.0 Å². The molecule has 1 N–H and O–H groups in total. The first-order chi connectivity index (χ1) is 20.2. The molecule has 1 atom stereocenters. The van der Waals surface area contributed by atoms with Crippen molar-refractivity contribution in [2.75, 3.05) is 18.0 Å². The largest absolute Gasteiger partial charge is 0.495 e. The van der Waals surface area contributed by atoms with Crippen molar-refractivity contribution in [1.29, 1.82) is 0 Å². The van der Waals surface area contributed by atoms with E-state index < -0.39 is 28.5 Å². The summed E-state index contributed by atoms with van der Waals surface area (Å²) >= 11 is 13.0. The maximum absolute atomic E-state index is 14.3. The van der Waals surface area contributed by atoms with Crippen molar-refractivity contribution < 1.29 is 22.7 Å². The van der Waals surface area contributed by atoms with Crippen LogP contribution >= 0.6 is 23.2 Å². The Kier molecular flexibility index (Phi) is 10.8. The van der Waals surface area contributed by atoms with Gasteiger partial charge in [-0.05, 0) is 55.7 Å². The summed E-state index contributed by atoms with van der Waals surface area (Å²) in [6.07, 6.45) is 4.12. The van der Waals surface area contributed by atoms with Gasteiger partial charge in [0, 0.05) is 28.2 Å². The van der Waals surface area contributed by atoms with E-state index in [9.17, 15) is 18.0 Å². The number of hydrogen-bond acceptors (Lipinski definition) is 5. The van der Waals surface area contributed by atoms with Crippen LogP contribution in [0.2, 0.25) is 10.0 Å². The van der Waals surface area contributed by atoms with Gasteiger partial charge in [-0.1, -0.05) is 79.4 Å². The number of anilines is 1. The molecule has 2 amide bonds. The van der Waals surface area contributed by atoms with Crippen LogP contribution in [0.15, 0.2) is 77.7 Å². The van der Waals surface area contributed by atoms with Crippen LogP contribution in [0, 0.1) is 0 Å². The summed E-state index contributed by atoms with van der Waals surface area (Å²) in [7, 11) is -2.79. The predicted molar refractivity (Wildman–Crippen MR) is 165 cm³/mol. The van der Waals surface area contributed by atoms with Crippen LogP contribution in [-0.4, -0.2) is 50.9 Å². The highest BCUT2D eigenvalue weighted by Gasteiger charge is 2.36. The summed E-state index contributed by atoms with van der Waals surface area (Å²) < 4.78 is 34.5. The average molecular weight is 633 g/mol. The second-order valence-corrected chi connectivity index (χ2v) is 12.8. The number of amides is 2. The minimum Gasteiger partial charge on any atom is -0.495 e. The number of methoxy groups -OCH3 is 1. The minimum absolute atomic E-state index is 0.00965. The molecule has 1 aliphatic carbocycles. The molecule has 0 saturated heterocycles. The van der Waals surface area contributed by atoms with Crippen LogP contribution in [-0.2, 0) is 26.2 Å². The number of hydrogen-bond donors (Lipinski definition) is 1. The van der Waals surface area contributed by atoms with Gasteiger partial charge in [0.25, 0.3) is 10.0 Å². The number of halogens is 2. The van der Waals surface area contributed by atoms with Crippen molar-refractivity contribution in [3.05, 3.63) is 88.4 Å². The lowest BCUT2D eigenvalue weighted by atomic mass is 10.1. The van der Waals surface area contributed by atoms with Gasteiger partial charge in [-0.2, -0.15) is 0 Å². The third kappa shape index (κ3) is 7.19. The Bertz CT molecular complexity index is 1480. The monoisotopic (exact) mass is 631 g/mol. The second kappa shape index (κ2) is 14.3. The number of ether oxygens (including phenoxy) is 1. The first-order valence-electron chi connectivity index (χ1n) is 13.9. The number of para-hydroxylation sites is 2. The van der Waals surface area contributed by atoms with E-state index in [1.807, 2.05) is 6.92 Å². The maximum atomic E-state index is 14.3. The molecule has 42 heavy (non-hydrogen) atoms.